The maximum Gasteiger partial charge on any atom is 0.0496 e. The molecule has 2 heterocycles. The predicted molar refractivity (Wildman–Crippen MR) is 153 cm³/mol. The van der Waals surface area contributed by atoms with Crippen LogP contribution in [0, 0.1) is 0 Å². The Morgan fingerprint density at radius 2 is 0.771 bits per heavy atom. The number of hydrogen-bond donors (Lipinski definition) is 0. The Hall–Kier alpha value is -0.914. The van der Waals surface area contributed by atoms with E-state index in [0.717, 1.165) is 0 Å². The smallest absolute Gasteiger partial charge is 0.0496 e. The van der Waals surface area contributed by atoms with Gasteiger partial charge in [-0.2, -0.15) is 10.2 Å². The van der Waals surface area contributed by atoms with Crippen molar-refractivity contribution in [3.05, 3.63) is 91.5 Å². The topological polar surface area (TPSA) is 29.7 Å². The van der Waals surface area contributed by atoms with Crippen LogP contribution in [0.15, 0.2) is 91.5 Å². The van der Waals surface area contributed by atoms with Gasteiger partial charge in [0.1, 0.15) is 6.54 Å². The largest absolute Gasteiger partial charge is 0.159 e. The molecule has 0 atom stereocenters. The van der Waals surface area contributed by atoms with Crippen LogP contribution in [0.3, 0.4) is 0 Å². The van der Waals surface area contributed by atoms with Crippen molar-refractivity contribution in [1.29, 1.82) is 0 Å². The summed E-state index contributed by atoms with van der Waals surface area (Å²) < 4.78 is 2.29. The molecule has 0 fully saturated rings. The number of hydrogen-bond acceptors (Lipinski definition) is 2. The monoisotopic (exact) mass is 502 g/mol. The van der Waals surface area contributed by atoms with Crippen molar-refractivity contribution < 1.29 is 4.57 Å². The summed E-state index contributed by atoms with van der Waals surface area (Å²) in [6.07, 6.45) is 27.7. The summed E-state index contributed by atoms with van der Waals surface area (Å²) in [7, 11) is 0. The van der Waals surface area contributed by atoms with Crippen LogP contribution in [0.5, 0.6) is 0 Å². The number of benzene rings is 1. The molecule has 0 spiro atoms. The van der Waals surface area contributed by atoms with E-state index >= 15 is 0 Å². The fraction of sp³-hybridized carbons (Fsp3) is 0.516. The van der Waals surface area contributed by atoms with Crippen LogP contribution in [0.25, 0.3) is 0 Å². The summed E-state index contributed by atoms with van der Waals surface area (Å²) in [5.41, 5.74) is 0. The minimum Gasteiger partial charge on any atom is -0.159 e. The molecule has 3 aromatic rings. The Labute approximate surface area is 258 Å². The van der Waals surface area contributed by atoms with E-state index in [9.17, 15) is 0 Å². The molecule has 188 valence electrons. The fourth-order valence-electron chi connectivity index (χ4n) is 3.71. The third-order valence-electron chi connectivity index (χ3n) is 5.70. The van der Waals surface area contributed by atoms with Gasteiger partial charge in [0, 0.05) is 30.9 Å². The van der Waals surface area contributed by atoms with Crippen LogP contribution in [-0.2, 0) is 6.54 Å². The van der Waals surface area contributed by atoms with Gasteiger partial charge in [-0.15, -0.1) is 0 Å². The van der Waals surface area contributed by atoms with E-state index in [1.54, 1.807) is 12.4 Å². The van der Waals surface area contributed by atoms with Crippen LogP contribution in [0.1, 0.15) is 96.8 Å². The zero-order valence-electron chi connectivity index (χ0n) is 21.6. The predicted octanol–water partition coefficient (Wildman–Crippen LogP) is 7.97. The standard InChI is InChI=1S/C21H38N.C6H6.C4H4N2.K.H/c1-2-3-4-5-6-7-8-9-10-11-12-13-14-16-19-22-20-17-15-18-21-22;2*1-2-4-6-5-3-1;;/h15,17-18,20-21H,2-14,16,19H2,1H3;1-6H;1-4H;;/q+1;;;;. The van der Waals surface area contributed by atoms with Gasteiger partial charge in [0.15, 0.2) is 12.4 Å². The molecule has 4 heteroatoms. The molecule has 0 aliphatic carbocycles. The maximum absolute atomic E-state index is 3.53. The molecule has 0 aliphatic heterocycles. The molecule has 0 aliphatic rings. The molecular formula is C31H49KN3+. The number of unbranched alkanes of at least 4 members (excludes halogenated alkanes) is 13. The molecule has 0 unspecified atom stereocenters. The van der Waals surface area contributed by atoms with Crippen molar-refractivity contribution in [3.63, 3.8) is 0 Å². The van der Waals surface area contributed by atoms with Crippen molar-refractivity contribution in [3.8, 4) is 0 Å². The molecule has 0 saturated carbocycles. The van der Waals surface area contributed by atoms with Gasteiger partial charge in [-0.1, -0.05) is 126 Å². The maximum atomic E-state index is 3.53. The van der Waals surface area contributed by atoms with E-state index in [0.29, 0.717) is 0 Å². The quantitative estimate of drug-likeness (QED) is 0.120. The zero-order valence-corrected chi connectivity index (χ0v) is 21.6. The molecule has 1 aromatic carbocycles. The van der Waals surface area contributed by atoms with Gasteiger partial charge in [0.25, 0.3) is 0 Å². The van der Waals surface area contributed by atoms with Gasteiger partial charge >= 0.3 is 51.4 Å². The number of nitrogens with zero attached hydrogens (tertiary/aromatic N) is 3. The van der Waals surface area contributed by atoms with E-state index in [1.807, 2.05) is 48.5 Å². The van der Waals surface area contributed by atoms with Crippen LogP contribution in [0.2, 0.25) is 0 Å². The first kappa shape index (κ1) is 34.1. The molecule has 0 radical (unpaired) electrons. The van der Waals surface area contributed by atoms with Crippen molar-refractivity contribution in [1.82, 2.24) is 10.2 Å². The van der Waals surface area contributed by atoms with Crippen molar-refractivity contribution in [2.75, 3.05) is 0 Å². The second kappa shape index (κ2) is 29.3. The van der Waals surface area contributed by atoms with Gasteiger partial charge in [-0.3, -0.25) is 0 Å². The molecule has 0 amide bonds. The molecule has 0 saturated heterocycles. The normalized spacial score (nSPS) is 9.63. The van der Waals surface area contributed by atoms with E-state index in [4.69, 9.17) is 0 Å². The van der Waals surface area contributed by atoms with Gasteiger partial charge in [0.05, 0.1) is 0 Å². The van der Waals surface area contributed by atoms with E-state index in [1.165, 1.54) is 96.4 Å². The third kappa shape index (κ3) is 26.0. The van der Waals surface area contributed by atoms with E-state index in [2.05, 4.69) is 52.3 Å². The third-order valence-corrected chi connectivity index (χ3v) is 5.70. The summed E-state index contributed by atoms with van der Waals surface area (Å²) in [6, 6.07) is 22.0. The first-order valence-corrected chi connectivity index (χ1v) is 13.6. The second-order valence-electron chi connectivity index (χ2n) is 8.78. The summed E-state index contributed by atoms with van der Waals surface area (Å²) in [5.74, 6) is 0. The first-order chi connectivity index (χ1) is 16.9. The summed E-state index contributed by atoms with van der Waals surface area (Å²) >= 11 is 0. The van der Waals surface area contributed by atoms with Crippen molar-refractivity contribution in [2.24, 2.45) is 0 Å². The van der Waals surface area contributed by atoms with Gasteiger partial charge in [0.2, 0.25) is 0 Å². The van der Waals surface area contributed by atoms with Crippen LogP contribution >= 0.6 is 0 Å². The number of aryl methyl sites for hydroxylation is 1. The average Bonchev–Trinajstić information content (AvgIpc) is 2.92. The Morgan fingerprint density at radius 3 is 1.11 bits per heavy atom. The van der Waals surface area contributed by atoms with Crippen molar-refractivity contribution >= 4 is 51.4 Å². The molecule has 3 nitrogen and oxygen atoms in total. The van der Waals surface area contributed by atoms with E-state index < -0.39 is 0 Å². The Balaban J connectivity index is 0.000000716. The Kier molecular flexibility index (Phi) is 28.6. The Morgan fingerprint density at radius 1 is 0.429 bits per heavy atom. The molecule has 0 N–H and O–H groups in total. The van der Waals surface area contributed by atoms with E-state index in [-0.39, 0.29) is 51.4 Å². The van der Waals surface area contributed by atoms with Gasteiger partial charge < -0.3 is 0 Å². The summed E-state index contributed by atoms with van der Waals surface area (Å²) in [4.78, 5) is 0. The molecule has 3 rings (SSSR count). The molecular weight excluding hydrogens is 453 g/mol. The summed E-state index contributed by atoms with van der Waals surface area (Å²) in [5, 5.41) is 7.07. The molecule has 2 aromatic heterocycles. The number of aromatic nitrogens is 3. The van der Waals surface area contributed by atoms with Crippen molar-refractivity contribution in [2.45, 2.75) is 103 Å². The summed E-state index contributed by atoms with van der Waals surface area (Å²) in [6.45, 7) is 3.47. The first-order valence-electron chi connectivity index (χ1n) is 13.6. The van der Waals surface area contributed by atoms with Gasteiger partial charge in [-0.25, -0.2) is 4.57 Å². The Bertz CT molecular complexity index is 641. The SMILES string of the molecule is CCCCCCCCCCCCCCCC[n+]1ccccc1.[KH].c1ccccc1.c1ccnnc1. The fourth-order valence-corrected chi connectivity index (χ4v) is 3.71. The second-order valence-corrected chi connectivity index (χ2v) is 8.78. The van der Waals surface area contributed by atoms with Crippen LogP contribution in [-0.4, -0.2) is 61.6 Å². The molecule has 35 heavy (non-hydrogen) atoms. The number of rotatable bonds is 15. The van der Waals surface area contributed by atoms with Gasteiger partial charge in [-0.05, 0) is 18.6 Å². The van der Waals surface area contributed by atoms with Crippen LogP contribution in [0.4, 0.5) is 0 Å². The van der Waals surface area contributed by atoms with Crippen LogP contribution < -0.4 is 4.57 Å². The number of pyridine rings is 1. The average molecular weight is 503 g/mol. The minimum absolute atomic E-state index is 0. The zero-order chi connectivity index (χ0) is 24.2. The minimum atomic E-state index is 0. The molecule has 0 bridgehead atoms.